The van der Waals surface area contributed by atoms with Gasteiger partial charge in [0.2, 0.25) is 0 Å². The zero-order valence-electron chi connectivity index (χ0n) is 17.9. The Hall–Kier alpha value is -3.16. The van der Waals surface area contributed by atoms with Crippen molar-refractivity contribution >= 4 is 34.0 Å². The molecule has 1 aliphatic rings. The lowest BCUT2D eigenvalue weighted by Crippen LogP contribution is -2.45. The topological polar surface area (TPSA) is 73.5 Å². The Bertz CT molecular complexity index is 1010. The summed E-state index contributed by atoms with van der Waals surface area (Å²) in [6, 6.07) is 23.2. The molecule has 3 amide bonds. The van der Waals surface area contributed by atoms with Crippen molar-refractivity contribution in [1.82, 2.24) is 10.2 Å². The van der Waals surface area contributed by atoms with Gasteiger partial charge >= 0.3 is 6.03 Å². The van der Waals surface area contributed by atoms with Gasteiger partial charge in [0, 0.05) is 31.4 Å². The molecule has 1 fully saturated rings. The molecule has 7 heteroatoms. The van der Waals surface area contributed by atoms with Crippen LogP contribution >= 0.6 is 11.3 Å². The van der Waals surface area contributed by atoms with Gasteiger partial charge in [-0.2, -0.15) is 0 Å². The van der Waals surface area contributed by atoms with Gasteiger partial charge in [-0.05, 0) is 49.1 Å². The van der Waals surface area contributed by atoms with Crippen LogP contribution in [-0.2, 0) is 6.42 Å². The van der Waals surface area contributed by atoms with Gasteiger partial charge in [0.15, 0.2) is 0 Å². The van der Waals surface area contributed by atoms with Crippen molar-refractivity contribution < 1.29 is 9.59 Å². The minimum Gasteiger partial charge on any atom is -0.349 e. The Labute approximate surface area is 192 Å². The fourth-order valence-corrected chi connectivity index (χ4v) is 4.62. The molecule has 166 valence electrons. The molecule has 0 atom stereocenters. The van der Waals surface area contributed by atoms with Crippen LogP contribution in [0.5, 0.6) is 0 Å². The largest absolute Gasteiger partial charge is 0.349 e. The van der Waals surface area contributed by atoms with E-state index in [4.69, 9.17) is 0 Å². The maximum atomic E-state index is 12.7. The molecule has 1 aromatic heterocycles. The van der Waals surface area contributed by atoms with Crippen molar-refractivity contribution in [3.63, 3.8) is 0 Å². The molecule has 3 N–H and O–H groups in total. The van der Waals surface area contributed by atoms with Crippen molar-refractivity contribution in [2.45, 2.75) is 25.3 Å². The van der Waals surface area contributed by atoms with Crippen LogP contribution in [0.25, 0.3) is 0 Å². The Kier molecular flexibility index (Phi) is 7.53. The number of benzene rings is 2. The number of anilines is 2. The normalized spacial score (nSPS) is 14.6. The number of hydrogen-bond donors (Lipinski definition) is 3. The van der Waals surface area contributed by atoms with E-state index in [2.05, 4.69) is 45.1 Å². The highest BCUT2D eigenvalue weighted by molar-refractivity contribution is 7.18. The molecule has 6 nitrogen and oxygen atoms in total. The molecule has 0 saturated carbocycles. The van der Waals surface area contributed by atoms with E-state index in [1.165, 1.54) is 16.9 Å². The minimum atomic E-state index is -0.326. The van der Waals surface area contributed by atoms with E-state index in [1.54, 1.807) is 12.1 Å². The summed E-state index contributed by atoms with van der Waals surface area (Å²) in [4.78, 5) is 27.9. The van der Waals surface area contributed by atoms with Gasteiger partial charge in [0.1, 0.15) is 0 Å². The summed E-state index contributed by atoms with van der Waals surface area (Å²) in [7, 11) is 0. The van der Waals surface area contributed by atoms with Gasteiger partial charge in [-0.25, -0.2) is 4.79 Å². The second kappa shape index (κ2) is 10.9. The summed E-state index contributed by atoms with van der Waals surface area (Å²) in [5, 5.41) is 9.35. The number of carbonyl (C=O) groups is 2. The number of para-hydroxylation sites is 1. The van der Waals surface area contributed by atoms with Crippen LogP contribution in [-0.4, -0.2) is 42.5 Å². The molecule has 0 radical (unpaired) electrons. The number of likely N-dealkylation sites (tertiary alicyclic amines) is 1. The number of nitrogens with one attached hydrogen (secondary N) is 3. The monoisotopic (exact) mass is 448 g/mol. The van der Waals surface area contributed by atoms with E-state index in [0.29, 0.717) is 9.88 Å². The molecular formula is C25H28N4O2S. The van der Waals surface area contributed by atoms with Crippen LogP contribution < -0.4 is 16.0 Å². The number of rotatable bonds is 7. The molecule has 32 heavy (non-hydrogen) atoms. The van der Waals surface area contributed by atoms with Gasteiger partial charge in [-0.3, -0.25) is 10.1 Å². The number of carbonyl (C=O) groups excluding carboxylic acids is 2. The number of piperidine rings is 1. The van der Waals surface area contributed by atoms with E-state index in [9.17, 15) is 9.59 Å². The minimum absolute atomic E-state index is 0.0748. The quantitative estimate of drug-likeness (QED) is 0.485. The zero-order valence-corrected chi connectivity index (χ0v) is 18.7. The van der Waals surface area contributed by atoms with Gasteiger partial charge in [-0.1, -0.05) is 48.5 Å². The maximum Gasteiger partial charge on any atom is 0.324 e. The third-order valence-corrected chi connectivity index (χ3v) is 6.58. The van der Waals surface area contributed by atoms with Crippen molar-refractivity contribution in [3.05, 3.63) is 83.2 Å². The summed E-state index contributed by atoms with van der Waals surface area (Å²) in [5.41, 5.74) is 2.08. The lowest BCUT2D eigenvalue weighted by atomic mass is 10.0. The van der Waals surface area contributed by atoms with E-state index in [-0.39, 0.29) is 18.0 Å². The van der Waals surface area contributed by atoms with Crippen LogP contribution in [0.4, 0.5) is 15.5 Å². The average molecular weight is 449 g/mol. The molecule has 1 aliphatic heterocycles. The summed E-state index contributed by atoms with van der Waals surface area (Å²) in [6.07, 6.45) is 2.97. The number of amides is 3. The lowest BCUT2D eigenvalue weighted by Gasteiger charge is -2.32. The van der Waals surface area contributed by atoms with Gasteiger partial charge < -0.3 is 15.5 Å². The van der Waals surface area contributed by atoms with Crippen molar-refractivity contribution in [2.24, 2.45) is 0 Å². The predicted molar refractivity (Wildman–Crippen MR) is 130 cm³/mol. The first-order valence-corrected chi connectivity index (χ1v) is 11.8. The lowest BCUT2D eigenvalue weighted by molar-refractivity contribution is 0.0915. The highest BCUT2D eigenvalue weighted by atomic mass is 32.1. The third kappa shape index (κ3) is 6.42. The summed E-state index contributed by atoms with van der Waals surface area (Å²) in [5.74, 6) is -0.0748. The zero-order chi connectivity index (χ0) is 22.2. The van der Waals surface area contributed by atoms with E-state index >= 15 is 0 Å². The Morgan fingerprint density at radius 2 is 1.56 bits per heavy atom. The Balaban J connectivity index is 1.19. The molecule has 2 aromatic carbocycles. The molecule has 0 aliphatic carbocycles. The number of hydrogen-bond acceptors (Lipinski definition) is 4. The molecule has 2 heterocycles. The van der Waals surface area contributed by atoms with Crippen molar-refractivity contribution in [2.75, 3.05) is 30.3 Å². The number of urea groups is 1. The second-order valence-corrected chi connectivity index (χ2v) is 9.02. The third-order valence-electron chi connectivity index (χ3n) is 5.58. The number of thiophene rings is 1. The highest BCUT2D eigenvalue weighted by Gasteiger charge is 2.21. The summed E-state index contributed by atoms with van der Waals surface area (Å²) in [6.45, 7) is 3.04. The predicted octanol–water partition coefficient (Wildman–Crippen LogP) is 4.83. The summed E-state index contributed by atoms with van der Waals surface area (Å²) >= 11 is 1.28. The highest BCUT2D eigenvalue weighted by Crippen LogP contribution is 2.23. The maximum absolute atomic E-state index is 12.7. The Morgan fingerprint density at radius 3 is 2.28 bits per heavy atom. The van der Waals surface area contributed by atoms with Gasteiger partial charge in [-0.15, -0.1) is 11.3 Å². The first-order valence-electron chi connectivity index (χ1n) is 11.0. The molecule has 1 saturated heterocycles. The van der Waals surface area contributed by atoms with Gasteiger partial charge in [0.25, 0.3) is 5.91 Å². The standard InChI is InChI=1S/C25H28N4O2S/c30-24(22-11-12-23(32-22)28-25(31)27-20-9-5-2-6-10-20)26-21-14-17-29(18-15-21)16-13-19-7-3-1-4-8-19/h1-12,21H,13-18H2,(H,26,30)(H2,27,28,31). The van der Waals surface area contributed by atoms with Crippen LogP contribution in [0.3, 0.4) is 0 Å². The van der Waals surface area contributed by atoms with Crippen LogP contribution in [0.2, 0.25) is 0 Å². The average Bonchev–Trinajstić information content (AvgIpc) is 3.28. The summed E-state index contributed by atoms with van der Waals surface area (Å²) < 4.78 is 0. The second-order valence-electron chi connectivity index (χ2n) is 7.93. The number of nitrogens with zero attached hydrogens (tertiary/aromatic N) is 1. The molecule has 0 spiro atoms. The smallest absolute Gasteiger partial charge is 0.324 e. The molecule has 4 rings (SSSR count). The van der Waals surface area contributed by atoms with E-state index in [0.717, 1.165) is 44.6 Å². The van der Waals surface area contributed by atoms with Crippen LogP contribution in [0.15, 0.2) is 72.8 Å². The van der Waals surface area contributed by atoms with E-state index < -0.39 is 0 Å². The SMILES string of the molecule is O=C(Nc1ccccc1)Nc1ccc(C(=O)NC2CCN(CCc3ccccc3)CC2)s1. The molecule has 0 bridgehead atoms. The molecule has 3 aromatic rings. The molecular weight excluding hydrogens is 420 g/mol. The van der Waals surface area contributed by atoms with Gasteiger partial charge in [0.05, 0.1) is 9.88 Å². The Morgan fingerprint density at radius 1 is 0.875 bits per heavy atom. The fourth-order valence-electron chi connectivity index (χ4n) is 3.81. The molecule has 0 unspecified atom stereocenters. The van der Waals surface area contributed by atoms with Crippen LogP contribution in [0, 0.1) is 0 Å². The first kappa shape index (κ1) is 22.0. The fraction of sp³-hybridized carbons (Fsp3) is 0.280. The van der Waals surface area contributed by atoms with Crippen molar-refractivity contribution in [3.8, 4) is 0 Å². The van der Waals surface area contributed by atoms with Crippen molar-refractivity contribution in [1.29, 1.82) is 0 Å². The van der Waals surface area contributed by atoms with E-state index in [1.807, 2.05) is 36.4 Å². The van der Waals surface area contributed by atoms with Crippen LogP contribution in [0.1, 0.15) is 28.1 Å². The first-order chi connectivity index (χ1) is 15.7.